The highest BCUT2D eigenvalue weighted by Crippen LogP contribution is 2.47. The molecule has 0 aromatic heterocycles. The predicted molar refractivity (Wildman–Crippen MR) is 65.3 cm³/mol. The standard InChI is InChI=1S/C14H18F3N/c1-8-6-10(14(15,16)17)4-5-11(8)13(18-3)12-7-9(12)2/h4-6,9,12-13,18H,7H2,1-3H3. The molecule has 100 valence electrons. The molecule has 1 aliphatic rings. The van der Waals surface area contributed by atoms with Crippen molar-refractivity contribution in [1.82, 2.24) is 5.32 Å². The van der Waals surface area contributed by atoms with Crippen LogP contribution in [-0.4, -0.2) is 7.05 Å². The van der Waals surface area contributed by atoms with Crippen molar-refractivity contribution in [3.63, 3.8) is 0 Å². The highest BCUT2D eigenvalue weighted by atomic mass is 19.4. The Kier molecular flexibility index (Phi) is 3.41. The first kappa shape index (κ1) is 13.4. The molecule has 0 amide bonds. The first-order valence-corrected chi connectivity index (χ1v) is 6.19. The summed E-state index contributed by atoms with van der Waals surface area (Å²) in [6, 6.07) is 4.21. The number of hydrogen-bond acceptors (Lipinski definition) is 1. The molecule has 1 aromatic rings. The van der Waals surface area contributed by atoms with Crippen LogP contribution in [0.4, 0.5) is 13.2 Å². The second kappa shape index (κ2) is 4.57. The molecule has 18 heavy (non-hydrogen) atoms. The summed E-state index contributed by atoms with van der Waals surface area (Å²) >= 11 is 0. The molecule has 0 aliphatic heterocycles. The largest absolute Gasteiger partial charge is 0.416 e. The minimum Gasteiger partial charge on any atom is -0.313 e. The number of alkyl halides is 3. The smallest absolute Gasteiger partial charge is 0.313 e. The Morgan fingerprint density at radius 3 is 2.33 bits per heavy atom. The fraction of sp³-hybridized carbons (Fsp3) is 0.571. The van der Waals surface area contributed by atoms with E-state index >= 15 is 0 Å². The molecular formula is C14H18F3N. The molecule has 1 aromatic carbocycles. The summed E-state index contributed by atoms with van der Waals surface area (Å²) in [6.45, 7) is 3.93. The maximum atomic E-state index is 12.6. The monoisotopic (exact) mass is 257 g/mol. The van der Waals surface area contributed by atoms with Crippen molar-refractivity contribution in [2.45, 2.75) is 32.5 Å². The lowest BCUT2D eigenvalue weighted by atomic mass is 9.95. The van der Waals surface area contributed by atoms with E-state index in [1.807, 2.05) is 7.05 Å². The molecule has 1 fully saturated rings. The van der Waals surface area contributed by atoms with Crippen LogP contribution < -0.4 is 5.32 Å². The number of aryl methyl sites for hydroxylation is 1. The van der Waals surface area contributed by atoms with Gasteiger partial charge in [-0.15, -0.1) is 0 Å². The first-order valence-electron chi connectivity index (χ1n) is 6.19. The lowest BCUT2D eigenvalue weighted by molar-refractivity contribution is -0.137. The van der Waals surface area contributed by atoms with Gasteiger partial charge in [0.05, 0.1) is 5.56 Å². The number of benzene rings is 1. The van der Waals surface area contributed by atoms with Crippen molar-refractivity contribution in [2.75, 3.05) is 7.05 Å². The summed E-state index contributed by atoms with van der Waals surface area (Å²) in [5.74, 6) is 1.20. The molecule has 0 spiro atoms. The van der Waals surface area contributed by atoms with Crippen molar-refractivity contribution >= 4 is 0 Å². The lowest BCUT2D eigenvalue weighted by Crippen LogP contribution is -2.20. The molecule has 1 nitrogen and oxygen atoms in total. The van der Waals surface area contributed by atoms with Crippen LogP contribution in [0.25, 0.3) is 0 Å². The summed E-state index contributed by atoms with van der Waals surface area (Å²) in [4.78, 5) is 0. The van der Waals surface area contributed by atoms with Gasteiger partial charge >= 0.3 is 6.18 Å². The Hall–Kier alpha value is -1.03. The van der Waals surface area contributed by atoms with E-state index < -0.39 is 11.7 Å². The topological polar surface area (TPSA) is 12.0 Å². The van der Waals surface area contributed by atoms with E-state index in [1.54, 1.807) is 13.0 Å². The van der Waals surface area contributed by atoms with Gasteiger partial charge in [0.25, 0.3) is 0 Å². The van der Waals surface area contributed by atoms with Crippen LogP contribution in [0, 0.1) is 18.8 Å². The zero-order chi connectivity index (χ0) is 13.5. The molecule has 0 heterocycles. The Morgan fingerprint density at radius 1 is 1.33 bits per heavy atom. The average molecular weight is 257 g/mol. The van der Waals surface area contributed by atoms with E-state index in [9.17, 15) is 13.2 Å². The second-order valence-corrected chi connectivity index (χ2v) is 5.21. The number of halogens is 3. The Labute approximate surface area is 105 Å². The number of hydrogen-bond donors (Lipinski definition) is 1. The van der Waals surface area contributed by atoms with Crippen LogP contribution in [0.5, 0.6) is 0 Å². The van der Waals surface area contributed by atoms with Gasteiger partial charge in [-0.1, -0.05) is 13.0 Å². The van der Waals surface area contributed by atoms with Crippen molar-refractivity contribution in [1.29, 1.82) is 0 Å². The van der Waals surface area contributed by atoms with E-state index in [1.165, 1.54) is 12.1 Å². The van der Waals surface area contributed by atoms with Gasteiger partial charge in [0.2, 0.25) is 0 Å². The summed E-state index contributed by atoms with van der Waals surface area (Å²) in [5, 5.41) is 3.23. The maximum Gasteiger partial charge on any atom is 0.416 e. The van der Waals surface area contributed by atoms with E-state index in [4.69, 9.17) is 0 Å². The molecule has 1 aliphatic carbocycles. The van der Waals surface area contributed by atoms with Crippen LogP contribution >= 0.6 is 0 Å². The Balaban J connectivity index is 2.29. The second-order valence-electron chi connectivity index (χ2n) is 5.21. The van der Waals surface area contributed by atoms with Crippen molar-refractivity contribution in [3.05, 3.63) is 34.9 Å². The fourth-order valence-corrected chi connectivity index (χ4v) is 2.62. The summed E-state index contributed by atoms with van der Waals surface area (Å²) in [6.07, 6.45) is -3.11. The third-order valence-corrected chi connectivity index (χ3v) is 3.84. The summed E-state index contributed by atoms with van der Waals surface area (Å²) in [7, 11) is 1.87. The number of nitrogens with one attached hydrogen (secondary N) is 1. The minimum absolute atomic E-state index is 0.169. The van der Waals surface area contributed by atoms with E-state index in [0.717, 1.165) is 12.0 Å². The average Bonchev–Trinajstić information content (AvgIpc) is 2.97. The van der Waals surface area contributed by atoms with E-state index in [2.05, 4.69) is 12.2 Å². The Morgan fingerprint density at radius 2 is 1.94 bits per heavy atom. The maximum absolute atomic E-state index is 12.6. The minimum atomic E-state index is -4.26. The predicted octanol–water partition coefficient (Wildman–Crippen LogP) is 3.93. The molecule has 0 saturated heterocycles. The van der Waals surface area contributed by atoms with Crippen molar-refractivity contribution in [3.8, 4) is 0 Å². The van der Waals surface area contributed by atoms with E-state index in [-0.39, 0.29) is 6.04 Å². The van der Waals surface area contributed by atoms with Gasteiger partial charge in [-0.25, -0.2) is 0 Å². The summed E-state index contributed by atoms with van der Waals surface area (Å²) < 4.78 is 37.8. The van der Waals surface area contributed by atoms with Gasteiger partial charge in [-0.3, -0.25) is 0 Å². The van der Waals surface area contributed by atoms with Gasteiger partial charge in [0, 0.05) is 6.04 Å². The fourth-order valence-electron chi connectivity index (χ4n) is 2.62. The molecule has 2 rings (SSSR count). The molecule has 1 saturated carbocycles. The molecule has 3 atom stereocenters. The van der Waals surface area contributed by atoms with Crippen LogP contribution in [-0.2, 0) is 6.18 Å². The molecular weight excluding hydrogens is 239 g/mol. The quantitative estimate of drug-likeness (QED) is 0.865. The van der Waals surface area contributed by atoms with Crippen LogP contribution in [0.1, 0.15) is 36.1 Å². The molecule has 1 N–H and O–H groups in total. The van der Waals surface area contributed by atoms with Crippen LogP contribution in [0.3, 0.4) is 0 Å². The molecule has 0 bridgehead atoms. The third-order valence-electron chi connectivity index (χ3n) is 3.84. The zero-order valence-corrected chi connectivity index (χ0v) is 10.8. The van der Waals surface area contributed by atoms with Gasteiger partial charge in [-0.2, -0.15) is 13.2 Å². The van der Waals surface area contributed by atoms with Crippen LogP contribution in [0.2, 0.25) is 0 Å². The van der Waals surface area contributed by atoms with Gasteiger partial charge in [0.1, 0.15) is 0 Å². The number of rotatable bonds is 3. The zero-order valence-electron chi connectivity index (χ0n) is 10.8. The normalized spacial score (nSPS) is 25.0. The van der Waals surface area contributed by atoms with Gasteiger partial charge in [0.15, 0.2) is 0 Å². The third kappa shape index (κ3) is 2.53. The van der Waals surface area contributed by atoms with Crippen molar-refractivity contribution < 1.29 is 13.2 Å². The Bertz CT molecular complexity index is 439. The first-order chi connectivity index (χ1) is 8.34. The molecule has 0 radical (unpaired) electrons. The highest BCUT2D eigenvalue weighted by molar-refractivity contribution is 5.35. The molecule has 3 unspecified atom stereocenters. The lowest BCUT2D eigenvalue weighted by Gasteiger charge is -2.20. The van der Waals surface area contributed by atoms with Gasteiger partial charge < -0.3 is 5.32 Å². The van der Waals surface area contributed by atoms with Gasteiger partial charge in [-0.05, 0) is 55.5 Å². The SMILES string of the molecule is CNC(c1ccc(C(F)(F)F)cc1C)C1CC1C. The summed E-state index contributed by atoms with van der Waals surface area (Å²) in [5.41, 5.74) is 1.13. The van der Waals surface area contributed by atoms with E-state index in [0.29, 0.717) is 17.4 Å². The molecule has 4 heteroatoms. The van der Waals surface area contributed by atoms with Crippen LogP contribution in [0.15, 0.2) is 18.2 Å². The van der Waals surface area contributed by atoms with Crippen molar-refractivity contribution in [2.24, 2.45) is 11.8 Å². The highest BCUT2D eigenvalue weighted by Gasteiger charge is 2.40.